The predicted molar refractivity (Wildman–Crippen MR) is 59.7 cm³/mol. The van der Waals surface area contributed by atoms with Gasteiger partial charge in [-0.2, -0.15) is 0 Å². The standard InChI is InChI=1S/C11H15BF2N2.FH/c13-12(14)9-16-7-3-11(4-8-16)10-1-5-15-6-2-10;/h1-2,5-6,11H,3-4,7-9H2;1H. The first-order valence-electron chi connectivity index (χ1n) is 5.77. The Kier molecular flexibility index (Phi) is 5.48. The predicted octanol–water partition coefficient (Wildman–Crippen LogP) is -2.19. The van der Waals surface area contributed by atoms with Crippen LogP contribution in [0, 0.1) is 0 Å². The third kappa shape index (κ3) is 4.04. The second-order valence-electron chi connectivity index (χ2n) is 4.40. The van der Waals surface area contributed by atoms with Crippen LogP contribution in [0.4, 0.5) is 8.63 Å². The van der Waals surface area contributed by atoms with E-state index in [9.17, 15) is 8.63 Å². The molecule has 1 fully saturated rings. The highest BCUT2D eigenvalue weighted by Crippen LogP contribution is 2.22. The van der Waals surface area contributed by atoms with E-state index in [1.807, 2.05) is 12.1 Å². The lowest BCUT2D eigenvalue weighted by Gasteiger charge is -2.28. The summed E-state index contributed by atoms with van der Waals surface area (Å²) in [6.07, 6.45) is 5.61. The molecule has 1 aromatic heterocycles. The van der Waals surface area contributed by atoms with Gasteiger partial charge in [-0.1, -0.05) is 0 Å². The van der Waals surface area contributed by atoms with Crippen LogP contribution in [-0.4, -0.2) is 31.8 Å². The Bertz CT molecular complexity index is 316. The molecular formula is C11H16BF3N2. The summed E-state index contributed by atoms with van der Waals surface area (Å²) in [4.78, 5) is 5.03. The molecule has 1 aliphatic rings. The largest absolute Gasteiger partial charge is 1.00 e. The summed E-state index contributed by atoms with van der Waals surface area (Å²) in [5.74, 6) is 0.532. The zero-order valence-electron chi connectivity index (χ0n) is 9.58. The lowest BCUT2D eigenvalue weighted by molar-refractivity contribution is -0.895. The first-order valence-corrected chi connectivity index (χ1v) is 5.77. The first-order chi connectivity index (χ1) is 7.75. The Morgan fingerprint density at radius 2 is 1.82 bits per heavy atom. The van der Waals surface area contributed by atoms with Crippen molar-refractivity contribution in [1.82, 2.24) is 4.98 Å². The Morgan fingerprint density at radius 3 is 2.35 bits per heavy atom. The first kappa shape index (κ1) is 14.0. The molecule has 6 heteroatoms. The third-order valence-corrected chi connectivity index (χ3v) is 3.31. The van der Waals surface area contributed by atoms with E-state index in [0.717, 1.165) is 30.8 Å². The molecule has 2 heterocycles. The average molecular weight is 244 g/mol. The Labute approximate surface area is 99.6 Å². The SMILES string of the molecule is FB(F)C[NH+]1CCC(c2ccncc2)CC1.[F-]. The number of pyridine rings is 1. The number of quaternary nitrogens is 1. The molecule has 0 bridgehead atoms. The number of hydrogen-bond donors (Lipinski definition) is 1. The summed E-state index contributed by atoms with van der Waals surface area (Å²) in [7, 11) is -2.17. The highest BCUT2D eigenvalue weighted by atomic mass is 19.2. The molecule has 0 spiro atoms. The summed E-state index contributed by atoms with van der Waals surface area (Å²) in [6, 6.07) is 4.06. The van der Waals surface area contributed by atoms with Crippen molar-refractivity contribution in [3.05, 3.63) is 30.1 Å². The van der Waals surface area contributed by atoms with Gasteiger partial charge in [0.05, 0.1) is 13.1 Å². The van der Waals surface area contributed by atoms with Crippen molar-refractivity contribution < 1.29 is 18.2 Å². The van der Waals surface area contributed by atoms with Crippen molar-refractivity contribution in [2.45, 2.75) is 18.8 Å². The number of halogens is 3. The average Bonchev–Trinajstić information content (AvgIpc) is 2.30. The van der Waals surface area contributed by atoms with Gasteiger partial charge in [0.25, 0.3) is 0 Å². The van der Waals surface area contributed by atoms with Crippen LogP contribution in [0.15, 0.2) is 24.5 Å². The molecule has 1 N–H and O–H groups in total. The van der Waals surface area contributed by atoms with Gasteiger partial charge in [-0.3, -0.25) is 13.6 Å². The Morgan fingerprint density at radius 1 is 1.24 bits per heavy atom. The second kappa shape index (κ2) is 6.64. The summed E-state index contributed by atoms with van der Waals surface area (Å²) in [5.41, 5.74) is 1.30. The molecule has 0 atom stereocenters. The van der Waals surface area contributed by atoms with Gasteiger partial charge < -0.3 is 9.60 Å². The molecule has 2 rings (SSSR count). The smallest absolute Gasteiger partial charge is 0.592 e. The van der Waals surface area contributed by atoms with Gasteiger partial charge >= 0.3 is 7.27 Å². The van der Waals surface area contributed by atoms with Crippen molar-refractivity contribution in [3.8, 4) is 0 Å². The molecule has 0 aliphatic carbocycles. The maximum Gasteiger partial charge on any atom is 0.592 e. The number of hydrogen-bond acceptors (Lipinski definition) is 1. The van der Waals surface area contributed by atoms with Crippen LogP contribution in [0.25, 0.3) is 0 Å². The fraction of sp³-hybridized carbons (Fsp3) is 0.545. The molecule has 2 nitrogen and oxygen atoms in total. The molecule has 1 aromatic rings. The molecular weight excluding hydrogens is 228 g/mol. The van der Waals surface area contributed by atoms with Crippen molar-refractivity contribution in [1.29, 1.82) is 0 Å². The van der Waals surface area contributed by atoms with E-state index >= 15 is 0 Å². The van der Waals surface area contributed by atoms with Crippen molar-refractivity contribution in [2.75, 3.05) is 19.5 Å². The van der Waals surface area contributed by atoms with E-state index in [1.165, 1.54) is 5.56 Å². The van der Waals surface area contributed by atoms with Gasteiger partial charge in [-0.25, -0.2) is 0 Å². The zero-order valence-corrected chi connectivity index (χ0v) is 9.58. The molecule has 94 valence electrons. The molecule has 1 saturated heterocycles. The van der Waals surface area contributed by atoms with Crippen LogP contribution in [0.3, 0.4) is 0 Å². The van der Waals surface area contributed by atoms with Gasteiger partial charge in [0, 0.05) is 25.2 Å². The molecule has 0 amide bonds. The number of piperidine rings is 1. The minimum Gasteiger partial charge on any atom is -1.00 e. The van der Waals surface area contributed by atoms with Gasteiger partial charge in [0.2, 0.25) is 0 Å². The van der Waals surface area contributed by atoms with Gasteiger partial charge in [-0.15, -0.1) is 0 Å². The Hall–Kier alpha value is -1.04. The lowest BCUT2D eigenvalue weighted by Crippen LogP contribution is -3.14. The summed E-state index contributed by atoms with van der Waals surface area (Å²) in [6.45, 7) is 1.72. The maximum atomic E-state index is 12.2. The quantitative estimate of drug-likeness (QED) is 0.598. The summed E-state index contributed by atoms with van der Waals surface area (Å²) < 4.78 is 24.4. The number of rotatable bonds is 3. The fourth-order valence-electron chi connectivity index (χ4n) is 2.42. The van der Waals surface area contributed by atoms with Gasteiger partial charge in [-0.05, 0) is 23.6 Å². The number of nitrogens with zero attached hydrogens (tertiary/aromatic N) is 1. The highest BCUT2D eigenvalue weighted by molar-refractivity contribution is 6.42. The monoisotopic (exact) mass is 244 g/mol. The van der Waals surface area contributed by atoms with E-state index in [2.05, 4.69) is 4.98 Å². The molecule has 0 aromatic carbocycles. The van der Waals surface area contributed by atoms with E-state index in [-0.39, 0.29) is 11.1 Å². The highest BCUT2D eigenvalue weighted by Gasteiger charge is 2.27. The van der Waals surface area contributed by atoms with Crippen LogP contribution in [0.1, 0.15) is 24.3 Å². The minimum atomic E-state index is -2.17. The van der Waals surface area contributed by atoms with Crippen molar-refractivity contribution >= 4 is 7.27 Å². The topological polar surface area (TPSA) is 17.3 Å². The number of aromatic nitrogens is 1. The minimum absolute atomic E-state index is 0. The molecule has 17 heavy (non-hydrogen) atoms. The summed E-state index contributed by atoms with van der Waals surface area (Å²) >= 11 is 0. The number of likely N-dealkylation sites (tertiary alicyclic amines) is 1. The molecule has 1 aliphatic heterocycles. The fourth-order valence-corrected chi connectivity index (χ4v) is 2.42. The molecule has 0 radical (unpaired) electrons. The maximum absolute atomic E-state index is 12.2. The van der Waals surface area contributed by atoms with E-state index in [4.69, 9.17) is 0 Å². The van der Waals surface area contributed by atoms with Gasteiger partial charge in [0.1, 0.15) is 6.44 Å². The van der Waals surface area contributed by atoms with Crippen molar-refractivity contribution in [2.24, 2.45) is 0 Å². The molecule has 0 unspecified atom stereocenters. The Balaban J connectivity index is 0.00000144. The van der Waals surface area contributed by atoms with Crippen LogP contribution in [-0.2, 0) is 0 Å². The lowest BCUT2D eigenvalue weighted by atomic mass is 9.88. The van der Waals surface area contributed by atoms with Crippen LogP contribution >= 0.6 is 0 Å². The van der Waals surface area contributed by atoms with E-state index in [0.29, 0.717) is 5.92 Å². The van der Waals surface area contributed by atoms with E-state index in [1.54, 1.807) is 12.4 Å². The normalized spacial score (nSPS) is 23.9. The van der Waals surface area contributed by atoms with Crippen molar-refractivity contribution in [3.63, 3.8) is 0 Å². The second-order valence-corrected chi connectivity index (χ2v) is 4.40. The van der Waals surface area contributed by atoms with Crippen LogP contribution < -0.4 is 9.60 Å². The number of nitrogens with one attached hydrogen (secondary N) is 1. The summed E-state index contributed by atoms with van der Waals surface area (Å²) in [5, 5.41) is 0. The van der Waals surface area contributed by atoms with E-state index < -0.39 is 7.27 Å². The van der Waals surface area contributed by atoms with Crippen LogP contribution in [0.5, 0.6) is 0 Å². The third-order valence-electron chi connectivity index (χ3n) is 3.31. The van der Waals surface area contributed by atoms with Gasteiger partial charge in [0.15, 0.2) is 0 Å². The van der Waals surface area contributed by atoms with Crippen LogP contribution in [0.2, 0.25) is 0 Å². The molecule has 0 saturated carbocycles. The zero-order chi connectivity index (χ0) is 11.4.